The van der Waals surface area contributed by atoms with Crippen LogP contribution in [-0.2, 0) is 16.8 Å². The monoisotopic (exact) mass is 581 g/mol. The molecule has 0 atom stereocenters. The predicted octanol–water partition coefficient (Wildman–Crippen LogP) is 5.23. The van der Waals surface area contributed by atoms with Crippen molar-refractivity contribution >= 4 is 34.3 Å². The van der Waals surface area contributed by atoms with Crippen LogP contribution in [0.4, 0.5) is 11.5 Å². The van der Waals surface area contributed by atoms with E-state index in [1.54, 1.807) is 10.8 Å². The number of nitrogen functional groups attached to an aromatic ring is 1. The first-order valence-electron chi connectivity index (χ1n) is 14.8. The van der Waals surface area contributed by atoms with E-state index in [-0.39, 0.29) is 30.0 Å². The van der Waals surface area contributed by atoms with Crippen molar-refractivity contribution in [1.82, 2.24) is 14.5 Å². The summed E-state index contributed by atoms with van der Waals surface area (Å²) in [6.07, 6.45) is 5.15. The first kappa shape index (κ1) is 30.9. The molecule has 3 N–H and O–H groups in total. The predicted molar refractivity (Wildman–Crippen MR) is 162 cm³/mol. The van der Waals surface area contributed by atoms with E-state index in [4.69, 9.17) is 25.1 Å². The molecule has 228 valence electrons. The molecule has 42 heavy (non-hydrogen) atoms. The number of hydrogen-bond acceptors (Lipinski definition) is 9. The van der Waals surface area contributed by atoms with Crippen LogP contribution in [0.2, 0.25) is 0 Å². The number of carbonyl (C=O) groups is 2. The minimum Gasteiger partial charge on any atom is -0.491 e. The number of aliphatic carboxylic acids is 1. The van der Waals surface area contributed by atoms with E-state index in [0.717, 1.165) is 42.9 Å². The number of carboxylic acid groups (broad SMARTS) is 1. The summed E-state index contributed by atoms with van der Waals surface area (Å²) in [5, 5.41) is 8.98. The molecular formula is C31H43N5O6. The van der Waals surface area contributed by atoms with Gasteiger partial charge in [0.2, 0.25) is 0 Å². The molecule has 1 aliphatic rings. The fourth-order valence-corrected chi connectivity index (χ4v) is 5.12. The quantitative estimate of drug-likeness (QED) is 0.192. The average molecular weight is 582 g/mol. The number of unbranched alkanes of at least 4 members (excludes halogenated alkanes) is 1. The fourth-order valence-electron chi connectivity index (χ4n) is 5.12. The van der Waals surface area contributed by atoms with Crippen molar-refractivity contribution < 1.29 is 28.9 Å². The molecule has 1 aromatic carbocycles. The van der Waals surface area contributed by atoms with E-state index < -0.39 is 5.97 Å². The van der Waals surface area contributed by atoms with Crippen LogP contribution in [0, 0.1) is 0 Å². The Balaban J connectivity index is 1.68. The van der Waals surface area contributed by atoms with Gasteiger partial charge in [-0.25, -0.2) is 9.97 Å². The van der Waals surface area contributed by atoms with E-state index in [9.17, 15) is 9.59 Å². The molecule has 1 aliphatic heterocycles. The Bertz CT molecular complexity index is 1420. The van der Waals surface area contributed by atoms with Crippen molar-refractivity contribution in [3.8, 4) is 17.5 Å². The van der Waals surface area contributed by atoms with E-state index in [0.29, 0.717) is 61.0 Å². The molecule has 0 saturated carbocycles. The van der Waals surface area contributed by atoms with Crippen molar-refractivity contribution in [2.24, 2.45) is 0 Å². The van der Waals surface area contributed by atoms with Crippen LogP contribution >= 0.6 is 0 Å². The molecule has 0 amide bonds. The van der Waals surface area contributed by atoms with Gasteiger partial charge in [-0.2, -0.15) is 0 Å². The summed E-state index contributed by atoms with van der Waals surface area (Å²) in [4.78, 5) is 36.1. The number of hydrogen-bond donors (Lipinski definition) is 2. The van der Waals surface area contributed by atoms with Crippen LogP contribution in [0.25, 0.3) is 11.0 Å². The lowest BCUT2D eigenvalue weighted by atomic mass is 9.84. The number of aromatic nitrogens is 3. The molecule has 3 heterocycles. The maximum Gasteiger partial charge on any atom is 0.303 e. The van der Waals surface area contributed by atoms with Crippen molar-refractivity contribution in [2.75, 3.05) is 43.5 Å². The van der Waals surface area contributed by atoms with Gasteiger partial charge in [0.15, 0.2) is 5.78 Å². The normalized spacial score (nSPS) is 13.5. The van der Waals surface area contributed by atoms with E-state index in [2.05, 4.69) is 35.6 Å². The molecule has 0 aliphatic carbocycles. The van der Waals surface area contributed by atoms with Crippen LogP contribution in [0.5, 0.6) is 17.5 Å². The molecule has 1 saturated heterocycles. The highest BCUT2D eigenvalue weighted by atomic mass is 16.5. The Morgan fingerprint density at radius 2 is 1.67 bits per heavy atom. The average Bonchev–Trinajstić information content (AvgIpc) is 3.57. The van der Waals surface area contributed by atoms with Gasteiger partial charge in [0.25, 0.3) is 11.8 Å². The first-order chi connectivity index (χ1) is 20.0. The number of benzene rings is 1. The van der Waals surface area contributed by atoms with Crippen molar-refractivity contribution in [1.29, 1.82) is 0 Å². The number of Topliss-reactive ketones (excluding diaryl/α,β-unsaturated/α-hetero) is 1. The van der Waals surface area contributed by atoms with Crippen molar-refractivity contribution in [3.05, 3.63) is 29.5 Å². The summed E-state index contributed by atoms with van der Waals surface area (Å²) in [6.45, 7) is 13.0. The number of fused-ring (bicyclic) bond motifs is 1. The Kier molecular flexibility index (Phi) is 9.80. The number of rotatable bonds is 14. The van der Waals surface area contributed by atoms with E-state index in [1.807, 2.05) is 26.0 Å². The van der Waals surface area contributed by atoms with E-state index in [1.165, 1.54) is 0 Å². The molecule has 0 spiro atoms. The van der Waals surface area contributed by atoms with Crippen LogP contribution < -0.4 is 24.8 Å². The first-order valence-corrected chi connectivity index (χ1v) is 14.8. The third-order valence-corrected chi connectivity index (χ3v) is 7.24. The minimum absolute atomic E-state index is 0.0101. The number of carboxylic acids is 1. The molecular weight excluding hydrogens is 538 g/mol. The molecule has 1 fully saturated rings. The number of nitrogens with two attached hydrogens (primary N) is 1. The van der Waals surface area contributed by atoms with Gasteiger partial charge >= 0.3 is 5.97 Å². The Morgan fingerprint density at radius 1 is 1.00 bits per heavy atom. The summed E-state index contributed by atoms with van der Waals surface area (Å²) >= 11 is 0. The third-order valence-electron chi connectivity index (χ3n) is 7.24. The Hall–Kier alpha value is -4.02. The van der Waals surface area contributed by atoms with Crippen LogP contribution in [0.1, 0.15) is 82.6 Å². The second kappa shape index (κ2) is 13.3. The van der Waals surface area contributed by atoms with Gasteiger partial charge in [0.05, 0.1) is 32.1 Å². The zero-order valence-corrected chi connectivity index (χ0v) is 25.4. The zero-order valence-electron chi connectivity index (χ0n) is 25.4. The Labute approximate surface area is 247 Å². The highest BCUT2D eigenvalue weighted by Crippen LogP contribution is 2.42. The van der Waals surface area contributed by atoms with Gasteiger partial charge in [0.1, 0.15) is 22.6 Å². The molecule has 11 heteroatoms. The lowest BCUT2D eigenvalue weighted by Gasteiger charge is -2.29. The standard InChI is InChI=1S/C31H43N5O6/c1-6-40-29-30(41-7-2)34-26-22(33-29)18-36(28(26)32)19-24(37)20-16-21(31(3,4)5)27(42-15-11-8-12-25(38)39)23(17-20)35-13-9-10-14-35/h16-18H,6-15,19,32H2,1-5H3,(H,38,39). The smallest absolute Gasteiger partial charge is 0.303 e. The number of anilines is 2. The maximum atomic E-state index is 13.8. The molecule has 0 bridgehead atoms. The molecule has 0 unspecified atom stereocenters. The SMILES string of the molecule is CCOc1nc2cn(CC(=O)c3cc(N4CCCC4)c(OCCCCC(=O)O)c(C(C)(C)C)c3)c(N)c2nc1OCC. The summed E-state index contributed by atoms with van der Waals surface area (Å²) in [5.41, 5.74) is 9.53. The number of carbonyl (C=O) groups excluding carboxylic acids is 1. The lowest BCUT2D eigenvalue weighted by Crippen LogP contribution is -2.23. The van der Waals surface area contributed by atoms with Crippen LogP contribution in [-0.4, -0.2) is 64.3 Å². The van der Waals surface area contributed by atoms with Gasteiger partial charge in [-0.1, -0.05) is 20.8 Å². The van der Waals surface area contributed by atoms with Gasteiger partial charge in [0, 0.05) is 36.8 Å². The van der Waals surface area contributed by atoms with Gasteiger partial charge in [-0.15, -0.1) is 0 Å². The van der Waals surface area contributed by atoms with Crippen molar-refractivity contribution in [2.45, 2.75) is 78.7 Å². The zero-order chi connectivity index (χ0) is 30.4. The second-order valence-electron chi connectivity index (χ2n) is 11.5. The molecule has 2 aromatic heterocycles. The summed E-state index contributed by atoms with van der Waals surface area (Å²) in [7, 11) is 0. The van der Waals surface area contributed by atoms with Crippen molar-refractivity contribution in [3.63, 3.8) is 0 Å². The minimum atomic E-state index is -0.807. The summed E-state index contributed by atoms with van der Waals surface area (Å²) in [6, 6.07) is 3.84. The van der Waals surface area contributed by atoms with Crippen LogP contribution in [0.3, 0.4) is 0 Å². The van der Waals surface area contributed by atoms with Gasteiger partial charge < -0.3 is 34.5 Å². The largest absolute Gasteiger partial charge is 0.491 e. The number of ether oxygens (including phenoxy) is 3. The lowest BCUT2D eigenvalue weighted by molar-refractivity contribution is -0.137. The highest BCUT2D eigenvalue weighted by molar-refractivity contribution is 5.99. The fraction of sp³-hybridized carbons (Fsp3) is 0.548. The molecule has 11 nitrogen and oxygen atoms in total. The third kappa shape index (κ3) is 7.06. The van der Waals surface area contributed by atoms with E-state index >= 15 is 0 Å². The van der Waals surface area contributed by atoms with Gasteiger partial charge in [-0.05, 0) is 57.1 Å². The number of nitrogens with zero attached hydrogens (tertiary/aromatic N) is 4. The number of ketones is 1. The summed E-state index contributed by atoms with van der Waals surface area (Å²) in [5.74, 6) is 0.745. The van der Waals surface area contributed by atoms with Gasteiger partial charge in [-0.3, -0.25) is 9.59 Å². The topological polar surface area (TPSA) is 142 Å². The Morgan fingerprint density at radius 3 is 2.29 bits per heavy atom. The highest BCUT2D eigenvalue weighted by Gasteiger charge is 2.28. The second-order valence-corrected chi connectivity index (χ2v) is 11.5. The molecule has 4 rings (SSSR count). The maximum absolute atomic E-state index is 13.8. The van der Waals surface area contributed by atoms with Crippen LogP contribution in [0.15, 0.2) is 18.3 Å². The summed E-state index contributed by atoms with van der Waals surface area (Å²) < 4.78 is 19.2. The molecule has 0 radical (unpaired) electrons. The molecule has 3 aromatic rings.